The number of nitrogen functional groups attached to an aromatic ring is 1. The normalized spacial score (nSPS) is 11.1. The van der Waals surface area contributed by atoms with Gasteiger partial charge in [0, 0.05) is 20.2 Å². The third-order valence-corrected chi connectivity index (χ3v) is 2.40. The van der Waals surface area contributed by atoms with Crippen LogP contribution in [0.25, 0.3) is 0 Å². The van der Waals surface area contributed by atoms with E-state index in [1.807, 2.05) is 14.0 Å². The Labute approximate surface area is 97.0 Å². The lowest BCUT2D eigenvalue weighted by Crippen LogP contribution is -2.12. The molecule has 0 aliphatic heterocycles. The fraction of sp³-hybridized carbons (Fsp3) is 0.727. The predicted molar refractivity (Wildman–Crippen MR) is 66.7 cm³/mol. The van der Waals surface area contributed by atoms with Crippen LogP contribution in [0.3, 0.4) is 0 Å². The summed E-state index contributed by atoms with van der Waals surface area (Å²) in [4.78, 5) is 0. The molecule has 0 aromatic carbocycles. The number of hydrogen-bond acceptors (Lipinski definition) is 4. The van der Waals surface area contributed by atoms with Crippen molar-refractivity contribution < 1.29 is 4.74 Å². The summed E-state index contributed by atoms with van der Waals surface area (Å²) in [5, 5.41) is 7.64. The SMILES string of the molecule is CCOCCNc1c(N)c(C(C)C)nn1C. The van der Waals surface area contributed by atoms with E-state index in [9.17, 15) is 0 Å². The minimum absolute atomic E-state index is 0.341. The number of aromatic nitrogens is 2. The Balaban J connectivity index is 2.65. The fourth-order valence-corrected chi connectivity index (χ4v) is 1.58. The molecule has 0 saturated carbocycles. The molecular formula is C11H22N4O. The molecule has 0 radical (unpaired) electrons. The average molecular weight is 226 g/mol. The highest BCUT2D eigenvalue weighted by atomic mass is 16.5. The van der Waals surface area contributed by atoms with Gasteiger partial charge >= 0.3 is 0 Å². The van der Waals surface area contributed by atoms with Gasteiger partial charge < -0.3 is 15.8 Å². The number of aryl methyl sites for hydroxylation is 1. The van der Waals surface area contributed by atoms with E-state index >= 15 is 0 Å². The number of anilines is 2. The van der Waals surface area contributed by atoms with Gasteiger partial charge in [-0.3, -0.25) is 4.68 Å². The lowest BCUT2D eigenvalue weighted by atomic mass is 10.1. The van der Waals surface area contributed by atoms with Crippen molar-refractivity contribution in [1.29, 1.82) is 0 Å². The Bertz CT molecular complexity index is 333. The number of nitrogens with two attached hydrogens (primary N) is 1. The molecule has 0 atom stereocenters. The summed E-state index contributed by atoms with van der Waals surface area (Å²) in [5.74, 6) is 1.22. The zero-order valence-corrected chi connectivity index (χ0v) is 10.6. The molecule has 92 valence electrons. The lowest BCUT2D eigenvalue weighted by molar-refractivity contribution is 0.158. The maximum atomic E-state index is 6.03. The van der Waals surface area contributed by atoms with Crippen LogP contribution < -0.4 is 11.1 Å². The van der Waals surface area contributed by atoms with Gasteiger partial charge in [0.2, 0.25) is 0 Å². The Hall–Kier alpha value is -1.23. The van der Waals surface area contributed by atoms with Crippen LogP contribution in [-0.2, 0) is 11.8 Å². The Morgan fingerprint density at radius 3 is 2.69 bits per heavy atom. The van der Waals surface area contributed by atoms with Crippen LogP contribution in [0.4, 0.5) is 11.5 Å². The predicted octanol–water partition coefficient (Wildman–Crippen LogP) is 1.57. The maximum Gasteiger partial charge on any atom is 0.147 e. The zero-order valence-electron chi connectivity index (χ0n) is 10.6. The first-order valence-corrected chi connectivity index (χ1v) is 5.71. The molecule has 1 aromatic heterocycles. The van der Waals surface area contributed by atoms with Gasteiger partial charge in [-0.25, -0.2) is 0 Å². The van der Waals surface area contributed by atoms with Crippen LogP contribution in [0.5, 0.6) is 0 Å². The molecule has 1 heterocycles. The molecule has 0 unspecified atom stereocenters. The summed E-state index contributed by atoms with van der Waals surface area (Å²) in [6, 6.07) is 0. The zero-order chi connectivity index (χ0) is 12.1. The standard InChI is InChI=1S/C11H22N4O/c1-5-16-7-6-13-11-9(12)10(8(2)3)14-15(11)4/h8,13H,5-7,12H2,1-4H3. The first-order valence-electron chi connectivity index (χ1n) is 5.71. The third-order valence-electron chi connectivity index (χ3n) is 2.40. The number of ether oxygens (including phenoxy) is 1. The molecular weight excluding hydrogens is 204 g/mol. The van der Waals surface area contributed by atoms with Crippen LogP contribution in [0.2, 0.25) is 0 Å². The summed E-state index contributed by atoms with van der Waals surface area (Å²) in [6.07, 6.45) is 0. The molecule has 16 heavy (non-hydrogen) atoms. The molecule has 0 aliphatic rings. The van der Waals surface area contributed by atoms with E-state index in [4.69, 9.17) is 10.5 Å². The smallest absolute Gasteiger partial charge is 0.147 e. The van der Waals surface area contributed by atoms with Gasteiger partial charge in [-0.1, -0.05) is 13.8 Å². The van der Waals surface area contributed by atoms with Crippen molar-refractivity contribution in [2.45, 2.75) is 26.7 Å². The monoisotopic (exact) mass is 226 g/mol. The van der Waals surface area contributed by atoms with E-state index in [0.29, 0.717) is 12.5 Å². The Morgan fingerprint density at radius 1 is 1.50 bits per heavy atom. The quantitative estimate of drug-likeness (QED) is 0.723. The molecule has 0 fully saturated rings. The van der Waals surface area contributed by atoms with E-state index in [2.05, 4.69) is 24.3 Å². The van der Waals surface area contributed by atoms with Crippen molar-refractivity contribution in [3.8, 4) is 0 Å². The van der Waals surface area contributed by atoms with Gasteiger partial charge in [-0.15, -0.1) is 0 Å². The molecule has 0 bridgehead atoms. The molecule has 0 amide bonds. The second-order valence-electron chi connectivity index (χ2n) is 4.05. The number of nitrogens with one attached hydrogen (secondary N) is 1. The van der Waals surface area contributed by atoms with E-state index in [-0.39, 0.29) is 0 Å². The summed E-state index contributed by atoms with van der Waals surface area (Å²) in [7, 11) is 1.89. The molecule has 5 nitrogen and oxygen atoms in total. The molecule has 1 rings (SSSR count). The minimum atomic E-state index is 0.341. The van der Waals surface area contributed by atoms with E-state index in [1.165, 1.54) is 0 Å². The molecule has 0 aliphatic carbocycles. The van der Waals surface area contributed by atoms with Crippen LogP contribution in [0.15, 0.2) is 0 Å². The second-order valence-corrected chi connectivity index (χ2v) is 4.05. The summed E-state index contributed by atoms with van der Waals surface area (Å²) in [6.45, 7) is 8.31. The van der Waals surface area contributed by atoms with Crippen LogP contribution in [-0.4, -0.2) is 29.5 Å². The molecule has 1 aromatic rings. The Morgan fingerprint density at radius 2 is 2.19 bits per heavy atom. The maximum absolute atomic E-state index is 6.03. The van der Waals surface area contributed by atoms with E-state index < -0.39 is 0 Å². The van der Waals surface area contributed by atoms with Gasteiger partial charge in [0.05, 0.1) is 18.0 Å². The lowest BCUT2D eigenvalue weighted by Gasteiger charge is -2.07. The second kappa shape index (κ2) is 5.75. The van der Waals surface area contributed by atoms with Crippen molar-refractivity contribution in [1.82, 2.24) is 9.78 Å². The van der Waals surface area contributed by atoms with Gasteiger partial charge in [-0.05, 0) is 12.8 Å². The van der Waals surface area contributed by atoms with Gasteiger partial charge in [0.25, 0.3) is 0 Å². The highest BCUT2D eigenvalue weighted by Gasteiger charge is 2.15. The molecule has 3 N–H and O–H groups in total. The molecule has 5 heteroatoms. The van der Waals surface area contributed by atoms with Crippen LogP contribution >= 0.6 is 0 Å². The van der Waals surface area contributed by atoms with Crippen molar-refractivity contribution in [2.24, 2.45) is 7.05 Å². The summed E-state index contributed by atoms with van der Waals surface area (Å²) < 4.78 is 7.04. The number of nitrogens with zero attached hydrogens (tertiary/aromatic N) is 2. The van der Waals surface area contributed by atoms with Gasteiger partial charge in [-0.2, -0.15) is 5.10 Å². The topological polar surface area (TPSA) is 65.1 Å². The van der Waals surface area contributed by atoms with Gasteiger partial charge in [0.1, 0.15) is 5.82 Å². The van der Waals surface area contributed by atoms with Crippen molar-refractivity contribution >= 4 is 11.5 Å². The highest BCUT2D eigenvalue weighted by molar-refractivity contribution is 5.65. The van der Waals surface area contributed by atoms with E-state index in [1.54, 1.807) is 4.68 Å². The third kappa shape index (κ3) is 2.88. The first kappa shape index (κ1) is 12.8. The Kier molecular flexibility index (Phi) is 4.61. The number of hydrogen-bond donors (Lipinski definition) is 2. The number of rotatable bonds is 6. The van der Waals surface area contributed by atoms with Crippen molar-refractivity contribution in [2.75, 3.05) is 30.8 Å². The summed E-state index contributed by atoms with van der Waals surface area (Å²) >= 11 is 0. The first-order chi connectivity index (χ1) is 7.57. The highest BCUT2D eigenvalue weighted by Crippen LogP contribution is 2.27. The minimum Gasteiger partial charge on any atom is -0.394 e. The van der Waals surface area contributed by atoms with Crippen LogP contribution in [0.1, 0.15) is 32.4 Å². The van der Waals surface area contributed by atoms with Crippen LogP contribution in [0, 0.1) is 0 Å². The average Bonchev–Trinajstić information content (AvgIpc) is 2.51. The largest absolute Gasteiger partial charge is 0.394 e. The fourth-order valence-electron chi connectivity index (χ4n) is 1.58. The molecule has 0 saturated heterocycles. The molecule has 0 spiro atoms. The summed E-state index contributed by atoms with van der Waals surface area (Å²) in [5.41, 5.74) is 7.72. The van der Waals surface area contributed by atoms with Gasteiger partial charge in [0.15, 0.2) is 0 Å². The van der Waals surface area contributed by atoms with Crippen molar-refractivity contribution in [3.63, 3.8) is 0 Å². The van der Waals surface area contributed by atoms with E-state index in [0.717, 1.165) is 30.4 Å². The van der Waals surface area contributed by atoms with Crippen molar-refractivity contribution in [3.05, 3.63) is 5.69 Å².